The number of amides is 2. The molecular weight excluding hydrogens is 359 g/mol. The third-order valence-corrected chi connectivity index (χ3v) is 5.45. The van der Waals surface area contributed by atoms with Gasteiger partial charge in [0.1, 0.15) is 0 Å². The maximum absolute atomic E-state index is 13.3. The zero-order chi connectivity index (χ0) is 19.8. The van der Waals surface area contributed by atoms with Crippen LogP contribution in [0.3, 0.4) is 0 Å². The molecule has 3 rings (SSSR count). The second-order valence-corrected chi connectivity index (χ2v) is 7.40. The van der Waals surface area contributed by atoms with Crippen molar-refractivity contribution in [2.45, 2.75) is 44.8 Å². The number of benzene rings is 1. The fraction of sp³-hybridized carbons (Fsp3) is 0.579. The van der Waals surface area contributed by atoms with E-state index in [0.717, 1.165) is 25.0 Å². The van der Waals surface area contributed by atoms with Crippen molar-refractivity contribution in [2.24, 2.45) is 11.7 Å². The van der Waals surface area contributed by atoms with E-state index in [0.29, 0.717) is 38.4 Å². The van der Waals surface area contributed by atoms with Crippen LogP contribution in [0.1, 0.15) is 48.5 Å². The third kappa shape index (κ3) is 4.26. The lowest BCUT2D eigenvalue weighted by Gasteiger charge is -2.34. The zero-order valence-corrected chi connectivity index (χ0v) is 15.3. The van der Waals surface area contributed by atoms with Gasteiger partial charge in [-0.25, -0.2) is 0 Å². The van der Waals surface area contributed by atoms with Crippen molar-refractivity contribution < 1.29 is 22.8 Å². The van der Waals surface area contributed by atoms with Gasteiger partial charge in [0, 0.05) is 43.3 Å². The van der Waals surface area contributed by atoms with Crippen LogP contribution >= 0.6 is 0 Å². The molecule has 1 aromatic carbocycles. The smallest absolute Gasteiger partial charge is 0.339 e. The second kappa shape index (κ2) is 7.50. The first kappa shape index (κ1) is 19.7. The van der Waals surface area contributed by atoms with E-state index in [1.54, 1.807) is 4.90 Å². The Morgan fingerprint density at radius 3 is 2.37 bits per heavy atom. The van der Waals surface area contributed by atoms with Crippen LogP contribution in [-0.4, -0.2) is 42.4 Å². The number of rotatable bonds is 3. The van der Waals surface area contributed by atoms with Crippen LogP contribution in [0.2, 0.25) is 0 Å². The Labute approximate surface area is 156 Å². The standard InChI is InChI=1S/C19H24F3N3O2/c1-12(23)13-4-7-24(8-5-13)18(27)14-9-15(19(20,21)22)11-16(10-14)25-6-2-3-17(25)26/h9-13H,2-8,23H2,1H3. The molecule has 1 unspecified atom stereocenters. The number of alkyl halides is 3. The predicted molar refractivity (Wildman–Crippen MR) is 95.3 cm³/mol. The molecule has 0 spiro atoms. The molecule has 0 radical (unpaired) electrons. The molecule has 2 aliphatic heterocycles. The van der Waals surface area contributed by atoms with Crippen molar-refractivity contribution in [3.63, 3.8) is 0 Å². The van der Waals surface area contributed by atoms with Gasteiger partial charge in [-0.15, -0.1) is 0 Å². The number of halogens is 3. The van der Waals surface area contributed by atoms with Crippen molar-refractivity contribution >= 4 is 17.5 Å². The van der Waals surface area contributed by atoms with E-state index in [1.165, 1.54) is 11.0 Å². The molecule has 2 heterocycles. The van der Waals surface area contributed by atoms with Gasteiger partial charge in [-0.05, 0) is 50.3 Å². The number of nitrogens with zero attached hydrogens (tertiary/aromatic N) is 2. The summed E-state index contributed by atoms with van der Waals surface area (Å²) in [5.74, 6) is -0.337. The average Bonchev–Trinajstić information content (AvgIpc) is 3.06. The molecule has 2 aliphatic rings. The van der Waals surface area contributed by atoms with Gasteiger partial charge in [-0.1, -0.05) is 0 Å². The summed E-state index contributed by atoms with van der Waals surface area (Å²) >= 11 is 0. The van der Waals surface area contributed by atoms with E-state index in [1.807, 2.05) is 6.92 Å². The molecule has 0 saturated carbocycles. The SMILES string of the molecule is CC(N)C1CCN(C(=O)c2cc(N3CCCC3=O)cc(C(F)(F)F)c2)CC1. The van der Waals surface area contributed by atoms with Crippen LogP contribution in [0.4, 0.5) is 18.9 Å². The van der Waals surface area contributed by atoms with Crippen molar-refractivity contribution in [1.82, 2.24) is 4.90 Å². The van der Waals surface area contributed by atoms with Crippen molar-refractivity contribution in [3.8, 4) is 0 Å². The summed E-state index contributed by atoms with van der Waals surface area (Å²) in [6.07, 6.45) is -2.21. The number of carbonyl (C=O) groups is 2. The maximum Gasteiger partial charge on any atom is 0.416 e. The van der Waals surface area contributed by atoms with Gasteiger partial charge in [0.25, 0.3) is 5.91 Å². The molecule has 0 aliphatic carbocycles. The van der Waals surface area contributed by atoms with E-state index in [-0.39, 0.29) is 23.2 Å². The third-order valence-electron chi connectivity index (χ3n) is 5.45. The summed E-state index contributed by atoms with van der Waals surface area (Å²) < 4.78 is 40.0. The van der Waals surface area contributed by atoms with Gasteiger partial charge >= 0.3 is 6.18 Å². The quantitative estimate of drug-likeness (QED) is 0.873. The summed E-state index contributed by atoms with van der Waals surface area (Å²) in [6, 6.07) is 3.26. The highest BCUT2D eigenvalue weighted by Gasteiger charge is 2.34. The van der Waals surface area contributed by atoms with Gasteiger partial charge in [0.2, 0.25) is 5.91 Å². The molecule has 2 amide bonds. The highest BCUT2D eigenvalue weighted by molar-refractivity contribution is 5.99. The average molecular weight is 383 g/mol. The zero-order valence-electron chi connectivity index (χ0n) is 15.3. The molecule has 1 aromatic rings. The van der Waals surface area contributed by atoms with Gasteiger partial charge in [0.05, 0.1) is 5.56 Å². The Morgan fingerprint density at radius 2 is 1.85 bits per heavy atom. The summed E-state index contributed by atoms with van der Waals surface area (Å²) in [6.45, 7) is 3.24. The van der Waals surface area contributed by atoms with Crippen molar-refractivity contribution in [1.29, 1.82) is 0 Å². The number of nitrogens with two attached hydrogens (primary N) is 1. The van der Waals surface area contributed by atoms with Gasteiger partial charge < -0.3 is 15.5 Å². The topological polar surface area (TPSA) is 66.6 Å². The van der Waals surface area contributed by atoms with Crippen LogP contribution in [-0.2, 0) is 11.0 Å². The van der Waals surface area contributed by atoms with Crippen LogP contribution in [0, 0.1) is 5.92 Å². The molecule has 2 saturated heterocycles. The first-order chi connectivity index (χ1) is 12.7. The minimum atomic E-state index is -4.59. The van der Waals surface area contributed by atoms with Gasteiger partial charge in [-0.2, -0.15) is 13.2 Å². The van der Waals surface area contributed by atoms with E-state index in [4.69, 9.17) is 5.73 Å². The Balaban J connectivity index is 1.88. The summed E-state index contributed by atoms with van der Waals surface area (Å²) in [4.78, 5) is 27.7. The fourth-order valence-corrected chi connectivity index (χ4v) is 3.79. The monoisotopic (exact) mass is 383 g/mol. The van der Waals surface area contributed by atoms with Crippen LogP contribution < -0.4 is 10.6 Å². The number of hydrogen-bond acceptors (Lipinski definition) is 3. The van der Waals surface area contributed by atoms with E-state index < -0.39 is 17.6 Å². The highest BCUT2D eigenvalue weighted by atomic mass is 19.4. The molecule has 148 valence electrons. The molecule has 0 bridgehead atoms. The Hall–Kier alpha value is -2.09. The van der Waals surface area contributed by atoms with E-state index >= 15 is 0 Å². The summed E-state index contributed by atoms with van der Waals surface area (Å²) in [5, 5.41) is 0. The summed E-state index contributed by atoms with van der Waals surface area (Å²) in [5.41, 5.74) is 5.11. The van der Waals surface area contributed by atoms with Crippen LogP contribution in [0.5, 0.6) is 0 Å². The molecule has 27 heavy (non-hydrogen) atoms. The molecule has 2 N–H and O–H groups in total. The highest BCUT2D eigenvalue weighted by Crippen LogP contribution is 2.35. The molecule has 2 fully saturated rings. The van der Waals surface area contributed by atoms with Gasteiger partial charge in [-0.3, -0.25) is 9.59 Å². The lowest BCUT2D eigenvalue weighted by molar-refractivity contribution is -0.137. The van der Waals surface area contributed by atoms with E-state index in [2.05, 4.69) is 0 Å². The largest absolute Gasteiger partial charge is 0.416 e. The predicted octanol–water partition coefficient (Wildman–Crippen LogP) is 3.03. The Morgan fingerprint density at radius 1 is 1.19 bits per heavy atom. The molecule has 8 heteroatoms. The molecule has 1 atom stereocenters. The fourth-order valence-electron chi connectivity index (χ4n) is 3.79. The molecular formula is C19H24F3N3O2. The number of piperidine rings is 1. The Bertz CT molecular complexity index is 725. The van der Waals surface area contributed by atoms with Crippen LogP contribution in [0.25, 0.3) is 0 Å². The first-order valence-electron chi connectivity index (χ1n) is 9.24. The molecule has 0 aromatic heterocycles. The maximum atomic E-state index is 13.3. The lowest BCUT2D eigenvalue weighted by atomic mass is 9.90. The molecule has 5 nitrogen and oxygen atoms in total. The normalized spacial score (nSPS) is 20.3. The number of likely N-dealkylation sites (tertiary alicyclic amines) is 1. The minimum Gasteiger partial charge on any atom is -0.339 e. The van der Waals surface area contributed by atoms with Crippen LogP contribution in [0.15, 0.2) is 18.2 Å². The first-order valence-corrected chi connectivity index (χ1v) is 9.24. The van der Waals surface area contributed by atoms with E-state index in [9.17, 15) is 22.8 Å². The van der Waals surface area contributed by atoms with Gasteiger partial charge in [0.15, 0.2) is 0 Å². The Kier molecular flexibility index (Phi) is 5.46. The van der Waals surface area contributed by atoms with Crippen molar-refractivity contribution in [2.75, 3.05) is 24.5 Å². The summed E-state index contributed by atoms with van der Waals surface area (Å²) in [7, 11) is 0. The second-order valence-electron chi connectivity index (χ2n) is 7.40. The van der Waals surface area contributed by atoms with Crippen molar-refractivity contribution in [3.05, 3.63) is 29.3 Å². The number of hydrogen-bond donors (Lipinski definition) is 1. The minimum absolute atomic E-state index is 0.0289. The number of carbonyl (C=O) groups excluding carboxylic acids is 2. The lowest BCUT2D eigenvalue weighted by Crippen LogP contribution is -2.42. The number of anilines is 1.